The molecule has 0 N–H and O–H groups in total. The molecular weight excluding hydrogens is 679 g/mol. The number of para-hydroxylation sites is 2. The maximum atomic E-state index is 6.74. The second-order valence-electron chi connectivity index (χ2n) is 14.5. The molecular formula is C54H35NO. The number of nitrogens with zero attached hydrogens (tertiary/aromatic N) is 1. The summed E-state index contributed by atoms with van der Waals surface area (Å²) in [5.74, 6) is 0. The van der Waals surface area contributed by atoms with Crippen molar-refractivity contribution in [1.29, 1.82) is 0 Å². The van der Waals surface area contributed by atoms with Gasteiger partial charge in [-0.15, -0.1) is 0 Å². The highest BCUT2D eigenvalue weighted by atomic mass is 16.3. The van der Waals surface area contributed by atoms with Crippen molar-refractivity contribution in [1.82, 2.24) is 0 Å². The van der Waals surface area contributed by atoms with Gasteiger partial charge in [-0.05, 0) is 108 Å². The highest BCUT2D eigenvalue weighted by molar-refractivity contribution is 6.22. The lowest BCUT2D eigenvalue weighted by Crippen LogP contribution is -2.10. The molecule has 11 rings (SSSR count). The van der Waals surface area contributed by atoms with E-state index in [1.54, 1.807) is 0 Å². The van der Waals surface area contributed by atoms with E-state index in [0.717, 1.165) is 44.6 Å². The van der Waals surface area contributed by atoms with Gasteiger partial charge in [-0.25, -0.2) is 0 Å². The van der Waals surface area contributed by atoms with Gasteiger partial charge in [0.2, 0.25) is 0 Å². The zero-order valence-corrected chi connectivity index (χ0v) is 30.6. The maximum Gasteiger partial charge on any atom is 0.159 e. The van der Waals surface area contributed by atoms with Crippen molar-refractivity contribution in [2.24, 2.45) is 0 Å². The van der Waals surface area contributed by atoms with Crippen LogP contribution in [-0.2, 0) is 0 Å². The van der Waals surface area contributed by atoms with Crippen LogP contribution in [0.2, 0.25) is 0 Å². The van der Waals surface area contributed by atoms with Gasteiger partial charge in [0.1, 0.15) is 5.58 Å². The average molecular weight is 714 g/mol. The van der Waals surface area contributed by atoms with Gasteiger partial charge in [-0.3, -0.25) is 0 Å². The fourth-order valence-corrected chi connectivity index (χ4v) is 8.66. The lowest BCUT2D eigenvalue weighted by Gasteiger charge is -2.27. The lowest BCUT2D eigenvalue weighted by molar-refractivity contribution is 0.669. The summed E-state index contributed by atoms with van der Waals surface area (Å²) in [6.07, 6.45) is 0. The molecule has 262 valence electrons. The highest BCUT2D eigenvalue weighted by Gasteiger charge is 2.23. The van der Waals surface area contributed by atoms with Crippen molar-refractivity contribution in [3.05, 3.63) is 212 Å². The summed E-state index contributed by atoms with van der Waals surface area (Å²) >= 11 is 0. The van der Waals surface area contributed by atoms with Crippen LogP contribution in [0.4, 0.5) is 17.1 Å². The van der Waals surface area contributed by atoms with Crippen LogP contribution in [0.5, 0.6) is 0 Å². The van der Waals surface area contributed by atoms with Crippen LogP contribution in [-0.4, -0.2) is 0 Å². The second kappa shape index (κ2) is 13.2. The predicted octanol–water partition coefficient (Wildman–Crippen LogP) is 15.5. The second-order valence-corrected chi connectivity index (χ2v) is 14.5. The van der Waals surface area contributed by atoms with E-state index < -0.39 is 0 Å². The molecule has 2 nitrogen and oxygen atoms in total. The Bertz CT molecular complexity index is 3250. The summed E-state index contributed by atoms with van der Waals surface area (Å²) in [6, 6.07) is 76.5. The Kier molecular flexibility index (Phi) is 7.53. The largest absolute Gasteiger partial charge is 0.454 e. The van der Waals surface area contributed by atoms with E-state index in [4.69, 9.17) is 4.42 Å². The van der Waals surface area contributed by atoms with Crippen LogP contribution in [0.25, 0.3) is 87.6 Å². The summed E-state index contributed by atoms with van der Waals surface area (Å²) < 4.78 is 6.74. The zero-order chi connectivity index (χ0) is 37.0. The van der Waals surface area contributed by atoms with Gasteiger partial charge in [0.15, 0.2) is 5.58 Å². The molecule has 10 aromatic carbocycles. The van der Waals surface area contributed by atoms with E-state index in [9.17, 15) is 0 Å². The molecule has 0 radical (unpaired) electrons. The fourth-order valence-electron chi connectivity index (χ4n) is 8.66. The van der Waals surface area contributed by atoms with Crippen LogP contribution in [0.1, 0.15) is 0 Å². The Morgan fingerprint density at radius 1 is 0.304 bits per heavy atom. The zero-order valence-electron chi connectivity index (χ0n) is 30.6. The molecule has 0 saturated heterocycles. The van der Waals surface area contributed by atoms with Gasteiger partial charge in [0.05, 0.1) is 5.69 Å². The monoisotopic (exact) mass is 713 g/mol. The first-order valence-electron chi connectivity index (χ1n) is 19.2. The number of hydrogen-bond donors (Lipinski definition) is 0. The van der Waals surface area contributed by atoms with Gasteiger partial charge in [0, 0.05) is 22.1 Å². The number of fused-ring (bicyclic) bond motifs is 7. The van der Waals surface area contributed by atoms with Gasteiger partial charge in [-0.2, -0.15) is 0 Å². The van der Waals surface area contributed by atoms with Crippen molar-refractivity contribution in [3.8, 4) is 33.4 Å². The molecule has 1 aromatic heterocycles. The van der Waals surface area contributed by atoms with E-state index >= 15 is 0 Å². The van der Waals surface area contributed by atoms with E-state index in [1.165, 1.54) is 60.1 Å². The predicted molar refractivity (Wildman–Crippen MR) is 237 cm³/mol. The molecule has 0 spiro atoms. The number of hydrogen-bond acceptors (Lipinski definition) is 2. The van der Waals surface area contributed by atoms with Gasteiger partial charge < -0.3 is 9.32 Å². The Hall–Kier alpha value is -7.42. The number of furan rings is 1. The Labute approximate surface area is 325 Å². The Morgan fingerprint density at radius 3 is 1.68 bits per heavy atom. The van der Waals surface area contributed by atoms with Crippen LogP contribution in [0, 0.1) is 0 Å². The van der Waals surface area contributed by atoms with Crippen molar-refractivity contribution in [3.63, 3.8) is 0 Å². The first-order valence-corrected chi connectivity index (χ1v) is 19.2. The minimum Gasteiger partial charge on any atom is -0.454 e. The molecule has 0 bridgehead atoms. The summed E-state index contributed by atoms with van der Waals surface area (Å²) in [7, 11) is 0. The summed E-state index contributed by atoms with van der Waals surface area (Å²) in [6.45, 7) is 0. The van der Waals surface area contributed by atoms with Gasteiger partial charge >= 0.3 is 0 Å². The van der Waals surface area contributed by atoms with E-state index in [0.29, 0.717) is 0 Å². The molecule has 0 aliphatic rings. The Morgan fingerprint density at radius 2 is 0.875 bits per heavy atom. The molecule has 0 amide bonds. The van der Waals surface area contributed by atoms with Crippen molar-refractivity contribution in [2.75, 3.05) is 4.90 Å². The smallest absolute Gasteiger partial charge is 0.159 e. The minimum absolute atomic E-state index is 0.858. The fraction of sp³-hybridized carbons (Fsp3) is 0. The number of benzene rings is 10. The number of anilines is 3. The molecule has 0 saturated carbocycles. The van der Waals surface area contributed by atoms with Crippen molar-refractivity contribution >= 4 is 71.3 Å². The minimum atomic E-state index is 0.858. The van der Waals surface area contributed by atoms with Crippen molar-refractivity contribution in [2.45, 2.75) is 0 Å². The third-order valence-corrected chi connectivity index (χ3v) is 11.2. The summed E-state index contributed by atoms with van der Waals surface area (Å²) in [5, 5.41) is 9.55. The number of rotatable bonds is 6. The molecule has 1 heterocycles. The van der Waals surface area contributed by atoms with Crippen LogP contribution < -0.4 is 4.90 Å². The third-order valence-electron chi connectivity index (χ3n) is 11.2. The summed E-state index contributed by atoms with van der Waals surface area (Å²) in [5.41, 5.74) is 12.0. The molecule has 11 aromatic rings. The molecule has 0 atom stereocenters. The first kappa shape index (κ1) is 32.0. The molecule has 2 heteroatoms. The van der Waals surface area contributed by atoms with Crippen LogP contribution >= 0.6 is 0 Å². The molecule has 0 aliphatic heterocycles. The normalized spacial score (nSPS) is 11.6. The molecule has 56 heavy (non-hydrogen) atoms. The van der Waals surface area contributed by atoms with E-state index in [-0.39, 0.29) is 0 Å². The van der Waals surface area contributed by atoms with E-state index in [2.05, 4.69) is 211 Å². The van der Waals surface area contributed by atoms with Gasteiger partial charge in [-0.1, -0.05) is 170 Å². The maximum absolute atomic E-state index is 6.74. The SMILES string of the molecule is c1ccc(-c2c(-c3ccccc3)c3cc(N(c4cccc(-c5ccc6ccccc6c5)c4)c4cccc5c4oc4ccccc45)ccc3c3ccccc23)cc1. The summed E-state index contributed by atoms with van der Waals surface area (Å²) in [4.78, 5) is 2.38. The lowest BCUT2D eigenvalue weighted by atomic mass is 9.85. The highest BCUT2D eigenvalue weighted by Crippen LogP contribution is 2.48. The quantitative estimate of drug-likeness (QED) is 0.160. The third kappa shape index (κ3) is 5.26. The molecule has 0 unspecified atom stereocenters. The van der Waals surface area contributed by atoms with Crippen LogP contribution in [0.3, 0.4) is 0 Å². The van der Waals surface area contributed by atoms with Crippen LogP contribution in [0.15, 0.2) is 217 Å². The molecule has 0 fully saturated rings. The average Bonchev–Trinajstić information content (AvgIpc) is 3.66. The first-order chi connectivity index (χ1) is 27.8. The van der Waals surface area contributed by atoms with Gasteiger partial charge in [0.25, 0.3) is 0 Å². The topological polar surface area (TPSA) is 16.4 Å². The standard InChI is InChI=1S/C54H35NO/c1-3-16-37(17-4-1)52-47-25-10-9-23-44(47)45-32-31-43(35-49(45)53(52)38-18-5-2-6-19-38)55(50-27-14-26-48-46-24-11-12-28-51(46)56-54(48)50)42-22-13-21-40(34-42)41-30-29-36-15-7-8-20-39(36)33-41/h1-35H. The van der Waals surface area contributed by atoms with Crippen molar-refractivity contribution < 1.29 is 4.42 Å². The molecule has 0 aliphatic carbocycles. The van der Waals surface area contributed by atoms with E-state index in [1.807, 2.05) is 6.07 Å². The Balaban J connectivity index is 1.21.